The Bertz CT molecular complexity index is 862. The summed E-state index contributed by atoms with van der Waals surface area (Å²) >= 11 is 0. The number of aliphatic hydroxyl groups is 2. The molecule has 148 valence electrons. The van der Waals surface area contributed by atoms with Crippen LogP contribution in [0.3, 0.4) is 0 Å². The highest BCUT2D eigenvalue weighted by molar-refractivity contribution is 7.85. The standard InChI is InChI=1S/C14H20N6O6S/c15-6(14(23)24)1-2-27(25)3-7-9(21)10(22)13(26-7)20-5-19-8-11(16)17-4-18-12(8)20/h4-7,9-10,13,21-22H,1-3,15H2,(H,23,24)(H2,16,17,18)/t6-,7+,9-,10?,13+,27?/m0/s1. The number of aliphatic carboxylic acids is 1. The zero-order valence-electron chi connectivity index (χ0n) is 14.1. The van der Waals surface area contributed by atoms with E-state index < -0.39 is 47.4 Å². The molecule has 12 nitrogen and oxygen atoms in total. The van der Waals surface area contributed by atoms with Crippen LogP contribution in [0.2, 0.25) is 0 Å². The first kappa shape index (κ1) is 19.6. The number of carbonyl (C=O) groups is 1. The van der Waals surface area contributed by atoms with E-state index in [1.165, 1.54) is 17.2 Å². The third-order valence-electron chi connectivity index (χ3n) is 4.32. The molecular weight excluding hydrogens is 380 g/mol. The van der Waals surface area contributed by atoms with Gasteiger partial charge in [-0.05, 0) is 6.42 Å². The molecule has 13 heteroatoms. The van der Waals surface area contributed by atoms with Gasteiger partial charge in [0.25, 0.3) is 0 Å². The molecule has 0 spiro atoms. The fourth-order valence-electron chi connectivity index (χ4n) is 2.80. The number of carboxylic acids is 1. The van der Waals surface area contributed by atoms with Crippen molar-refractivity contribution in [1.29, 1.82) is 0 Å². The normalized spacial score (nSPS) is 27.7. The van der Waals surface area contributed by atoms with Gasteiger partial charge in [0.2, 0.25) is 0 Å². The van der Waals surface area contributed by atoms with Gasteiger partial charge in [-0.2, -0.15) is 0 Å². The summed E-state index contributed by atoms with van der Waals surface area (Å²) in [5, 5.41) is 29.3. The lowest BCUT2D eigenvalue weighted by Gasteiger charge is -2.16. The summed E-state index contributed by atoms with van der Waals surface area (Å²) in [7, 11) is -1.49. The van der Waals surface area contributed by atoms with Crippen LogP contribution < -0.4 is 11.5 Å². The maximum Gasteiger partial charge on any atom is 0.320 e. The van der Waals surface area contributed by atoms with Gasteiger partial charge in [0, 0.05) is 16.6 Å². The number of carboxylic acid groups (broad SMARTS) is 1. The van der Waals surface area contributed by atoms with Crippen molar-refractivity contribution in [3.8, 4) is 0 Å². The van der Waals surface area contributed by atoms with Crippen molar-refractivity contribution in [2.75, 3.05) is 17.2 Å². The van der Waals surface area contributed by atoms with E-state index in [0.29, 0.717) is 11.2 Å². The molecule has 2 aromatic heterocycles. The minimum atomic E-state index is -1.49. The molecule has 27 heavy (non-hydrogen) atoms. The van der Waals surface area contributed by atoms with E-state index in [0.717, 1.165) is 0 Å². The molecule has 1 aliphatic heterocycles. The molecule has 0 aliphatic carbocycles. The largest absolute Gasteiger partial charge is 0.480 e. The van der Waals surface area contributed by atoms with Crippen LogP contribution in [-0.2, 0) is 20.3 Å². The van der Waals surface area contributed by atoms with Crippen molar-refractivity contribution in [2.45, 2.75) is 37.0 Å². The Labute approximate surface area is 155 Å². The number of hydrogen-bond donors (Lipinski definition) is 5. The van der Waals surface area contributed by atoms with Gasteiger partial charge in [-0.15, -0.1) is 0 Å². The molecule has 3 heterocycles. The number of nitrogen functional groups attached to an aromatic ring is 1. The Kier molecular flexibility index (Phi) is 5.67. The van der Waals surface area contributed by atoms with E-state index in [1.807, 2.05) is 0 Å². The Morgan fingerprint density at radius 3 is 2.78 bits per heavy atom. The number of anilines is 1. The van der Waals surface area contributed by atoms with Crippen LogP contribution in [-0.4, -0.2) is 80.9 Å². The van der Waals surface area contributed by atoms with Crippen LogP contribution >= 0.6 is 0 Å². The van der Waals surface area contributed by atoms with Crippen molar-refractivity contribution in [3.05, 3.63) is 12.7 Å². The molecule has 1 fully saturated rings. The molecule has 0 aromatic carbocycles. The first-order valence-electron chi connectivity index (χ1n) is 8.07. The summed E-state index contributed by atoms with van der Waals surface area (Å²) in [5.74, 6) is -1.05. The summed E-state index contributed by atoms with van der Waals surface area (Å²) < 4.78 is 19.3. The van der Waals surface area contributed by atoms with E-state index in [4.69, 9.17) is 21.3 Å². The average molecular weight is 400 g/mol. The number of fused-ring (bicyclic) bond motifs is 1. The number of hydrogen-bond acceptors (Lipinski definition) is 10. The van der Waals surface area contributed by atoms with Gasteiger partial charge in [-0.25, -0.2) is 15.0 Å². The van der Waals surface area contributed by atoms with Gasteiger partial charge in [-0.1, -0.05) is 0 Å². The molecule has 2 aromatic rings. The highest BCUT2D eigenvalue weighted by Gasteiger charge is 2.44. The second-order valence-electron chi connectivity index (χ2n) is 6.17. The Hall–Kier alpha value is -2.19. The second-order valence-corrected chi connectivity index (χ2v) is 7.79. The highest BCUT2D eigenvalue weighted by atomic mass is 32.2. The van der Waals surface area contributed by atoms with E-state index >= 15 is 0 Å². The summed E-state index contributed by atoms with van der Waals surface area (Å²) in [6.45, 7) is 0. The highest BCUT2D eigenvalue weighted by Crippen LogP contribution is 2.32. The van der Waals surface area contributed by atoms with Crippen LogP contribution in [0.15, 0.2) is 12.7 Å². The van der Waals surface area contributed by atoms with Gasteiger partial charge in [0.15, 0.2) is 17.7 Å². The third-order valence-corrected chi connectivity index (χ3v) is 5.71. The summed E-state index contributed by atoms with van der Waals surface area (Å²) in [4.78, 5) is 22.7. The second kappa shape index (κ2) is 7.82. The van der Waals surface area contributed by atoms with Crippen LogP contribution in [0, 0.1) is 0 Å². The molecule has 1 saturated heterocycles. The van der Waals surface area contributed by atoms with Crippen LogP contribution in [0.1, 0.15) is 12.6 Å². The Morgan fingerprint density at radius 2 is 2.07 bits per heavy atom. The van der Waals surface area contributed by atoms with Crippen molar-refractivity contribution in [1.82, 2.24) is 19.5 Å². The van der Waals surface area contributed by atoms with Gasteiger partial charge in [-0.3, -0.25) is 13.6 Å². The molecule has 1 aliphatic rings. The van der Waals surface area contributed by atoms with Gasteiger partial charge in [0.1, 0.15) is 36.2 Å². The minimum Gasteiger partial charge on any atom is -0.480 e. The maximum absolute atomic E-state index is 12.2. The number of aromatic nitrogens is 4. The van der Waals surface area contributed by atoms with Gasteiger partial charge < -0.3 is 31.5 Å². The van der Waals surface area contributed by atoms with E-state index in [1.54, 1.807) is 0 Å². The summed E-state index contributed by atoms with van der Waals surface area (Å²) in [6.07, 6.45) is -1.87. The van der Waals surface area contributed by atoms with Gasteiger partial charge in [0.05, 0.1) is 12.1 Å². The molecule has 0 bridgehead atoms. The fraction of sp³-hybridized carbons (Fsp3) is 0.571. The first-order valence-corrected chi connectivity index (χ1v) is 9.56. The molecule has 0 radical (unpaired) electrons. The van der Waals surface area contributed by atoms with Crippen molar-refractivity contribution >= 4 is 33.8 Å². The minimum absolute atomic E-state index is 0.0269. The summed E-state index contributed by atoms with van der Waals surface area (Å²) in [6, 6.07) is -1.11. The predicted molar refractivity (Wildman–Crippen MR) is 93.8 cm³/mol. The Balaban J connectivity index is 1.69. The smallest absolute Gasteiger partial charge is 0.320 e. The predicted octanol–water partition coefficient (Wildman–Crippen LogP) is -2.42. The monoisotopic (exact) mass is 400 g/mol. The van der Waals surface area contributed by atoms with E-state index in [2.05, 4.69) is 15.0 Å². The molecule has 0 saturated carbocycles. The fourth-order valence-corrected chi connectivity index (χ4v) is 4.13. The molecule has 6 atom stereocenters. The van der Waals surface area contributed by atoms with Crippen LogP contribution in [0.4, 0.5) is 5.82 Å². The van der Waals surface area contributed by atoms with Crippen molar-refractivity contribution in [2.24, 2.45) is 5.73 Å². The number of imidazole rings is 1. The lowest BCUT2D eigenvalue weighted by atomic mass is 10.1. The van der Waals surface area contributed by atoms with Crippen LogP contribution in [0.25, 0.3) is 11.2 Å². The van der Waals surface area contributed by atoms with Crippen LogP contribution in [0.5, 0.6) is 0 Å². The molecule has 2 unspecified atom stereocenters. The Morgan fingerprint density at radius 1 is 1.33 bits per heavy atom. The van der Waals surface area contributed by atoms with E-state index in [-0.39, 0.29) is 23.7 Å². The van der Waals surface area contributed by atoms with Crippen molar-refractivity contribution < 1.29 is 29.1 Å². The molecule has 3 rings (SSSR count). The number of aliphatic hydroxyl groups excluding tert-OH is 2. The lowest BCUT2D eigenvalue weighted by Crippen LogP contribution is -2.36. The van der Waals surface area contributed by atoms with Gasteiger partial charge >= 0.3 is 5.97 Å². The quantitative estimate of drug-likeness (QED) is 0.331. The summed E-state index contributed by atoms with van der Waals surface area (Å²) in [5.41, 5.74) is 11.8. The third kappa shape index (κ3) is 3.91. The first-order chi connectivity index (χ1) is 12.8. The zero-order chi connectivity index (χ0) is 19.7. The van der Waals surface area contributed by atoms with Crippen molar-refractivity contribution in [3.63, 3.8) is 0 Å². The number of nitrogens with zero attached hydrogens (tertiary/aromatic N) is 4. The average Bonchev–Trinajstić information content (AvgIpc) is 3.17. The van der Waals surface area contributed by atoms with E-state index in [9.17, 15) is 19.2 Å². The topological polar surface area (TPSA) is 200 Å². The zero-order valence-corrected chi connectivity index (χ0v) is 14.9. The molecular formula is C14H20N6O6S. The number of ether oxygens (including phenoxy) is 1. The molecule has 7 N–H and O–H groups in total. The maximum atomic E-state index is 12.2. The number of nitrogens with two attached hydrogens (primary N) is 2. The molecule has 0 amide bonds. The number of rotatable bonds is 7. The SMILES string of the molecule is Nc1ncnc2c1ncn2[C@@H]1O[C@H](CS(=O)CC[C@H](N)C(=O)O)[C@H](O)C1O. The lowest BCUT2D eigenvalue weighted by molar-refractivity contribution is -0.138.